The van der Waals surface area contributed by atoms with Crippen molar-refractivity contribution in [2.24, 2.45) is 0 Å². The standard InChI is InChI=1S/C16H22N2O3/c19-11-10-17-6-3-7-18(9-8-17)16(20)14-12-21-15-5-2-1-4-13(14)15/h1-2,4-5,14,19H,3,6-12H2. The maximum atomic E-state index is 12.8. The van der Waals surface area contributed by atoms with Crippen molar-refractivity contribution < 1.29 is 14.6 Å². The summed E-state index contributed by atoms with van der Waals surface area (Å²) in [5.74, 6) is 0.851. The first kappa shape index (κ1) is 14.4. The minimum atomic E-state index is -0.161. The summed E-state index contributed by atoms with van der Waals surface area (Å²) in [5, 5.41) is 9.03. The van der Waals surface area contributed by atoms with Gasteiger partial charge in [-0.2, -0.15) is 0 Å². The van der Waals surface area contributed by atoms with Gasteiger partial charge in [0.1, 0.15) is 18.3 Å². The molecule has 0 radical (unpaired) electrons. The van der Waals surface area contributed by atoms with E-state index in [1.165, 1.54) is 0 Å². The van der Waals surface area contributed by atoms with Crippen molar-refractivity contribution in [2.45, 2.75) is 12.3 Å². The fourth-order valence-electron chi connectivity index (χ4n) is 3.14. The first-order chi connectivity index (χ1) is 10.3. The number of ether oxygens (including phenoxy) is 1. The lowest BCUT2D eigenvalue weighted by molar-refractivity contribution is -0.132. The number of rotatable bonds is 3. The Balaban J connectivity index is 1.66. The largest absolute Gasteiger partial charge is 0.492 e. The van der Waals surface area contributed by atoms with Crippen LogP contribution in [0.25, 0.3) is 0 Å². The SMILES string of the molecule is O=C(C1COc2ccccc21)N1CCCN(CCO)CC1. The van der Waals surface area contributed by atoms with Gasteiger partial charge in [0.25, 0.3) is 0 Å². The van der Waals surface area contributed by atoms with Gasteiger partial charge < -0.3 is 14.7 Å². The molecule has 2 aliphatic rings. The van der Waals surface area contributed by atoms with Gasteiger partial charge >= 0.3 is 0 Å². The number of amides is 1. The predicted molar refractivity (Wildman–Crippen MR) is 79.4 cm³/mol. The molecule has 0 spiro atoms. The number of nitrogens with zero attached hydrogens (tertiary/aromatic N) is 2. The number of benzene rings is 1. The third-order valence-corrected chi connectivity index (χ3v) is 4.31. The van der Waals surface area contributed by atoms with Gasteiger partial charge in [0, 0.05) is 31.7 Å². The fourth-order valence-corrected chi connectivity index (χ4v) is 3.14. The van der Waals surface area contributed by atoms with E-state index >= 15 is 0 Å². The molecule has 1 amide bonds. The van der Waals surface area contributed by atoms with Crippen molar-refractivity contribution >= 4 is 5.91 Å². The lowest BCUT2D eigenvalue weighted by Gasteiger charge is -2.24. The van der Waals surface area contributed by atoms with E-state index in [1.54, 1.807) is 0 Å². The van der Waals surface area contributed by atoms with Gasteiger partial charge in [-0.15, -0.1) is 0 Å². The predicted octanol–water partition coefficient (Wildman–Crippen LogP) is 0.689. The summed E-state index contributed by atoms with van der Waals surface area (Å²) in [4.78, 5) is 16.9. The molecular weight excluding hydrogens is 268 g/mol. The van der Waals surface area contributed by atoms with E-state index in [-0.39, 0.29) is 18.4 Å². The molecule has 1 unspecified atom stereocenters. The summed E-state index contributed by atoms with van der Waals surface area (Å²) in [6, 6.07) is 7.80. The molecule has 0 aliphatic carbocycles. The Morgan fingerprint density at radius 3 is 2.95 bits per heavy atom. The quantitative estimate of drug-likeness (QED) is 0.890. The highest BCUT2D eigenvalue weighted by Gasteiger charge is 2.33. The second-order valence-electron chi connectivity index (χ2n) is 5.65. The monoisotopic (exact) mass is 290 g/mol. The van der Waals surface area contributed by atoms with Crippen LogP contribution in [0.4, 0.5) is 0 Å². The maximum Gasteiger partial charge on any atom is 0.233 e. The zero-order chi connectivity index (χ0) is 14.7. The van der Waals surface area contributed by atoms with Crippen molar-refractivity contribution in [3.05, 3.63) is 29.8 Å². The summed E-state index contributed by atoms with van der Waals surface area (Å²) in [6.07, 6.45) is 0.959. The summed E-state index contributed by atoms with van der Waals surface area (Å²) in [6.45, 7) is 4.63. The third-order valence-electron chi connectivity index (χ3n) is 4.31. The summed E-state index contributed by atoms with van der Waals surface area (Å²) < 4.78 is 5.62. The van der Waals surface area contributed by atoms with Crippen molar-refractivity contribution in [1.29, 1.82) is 0 Å². The lowest BCUT2D eigenvalue weighted by atomic mass is 10.00. The van der Waals surface area contributed by atoms with E-state index in [0.717, 1.165) is 43.9 Å². The van der Waals surface area contributed by atoms with E-state index in [1.807, 2.05) is 29.2 Å². The summed E-state index contributed by atoms with van der Waals surface area (Å²) in [5.41, 5.74) is 1.01. The highest BCUT2D eigenvalue weighted by atomic mass is 16.5. The Bertz CT molecular complexity index is 506. The Morgan fingerprint density at radius 1 is 1.24 bits per heavy atom. The number of β-amino-alcohol motifs (C(OH)–C–C–N with tert-alkyl or cyclic N) is 1. The molecule has 21 heavy (non-hydrogen) atoms. The first-order valence-corrected chi connectivity index (χ1v) is 7.63. The third kappa shape index (κ3) is 3.04. The Hall–Kier alpha value is -1.59. The number of aliphatic hydroxyl groups excluding tert-OH is 1. The van der Waals surface area contributed by atoms with Gasteiger partial charge in [-0.05, 0) is 19.0 Å². The number of hydrogen-bond acceptors (Lipinski definition) is 4. The van der Waals surface area contributed by atoms with Crippen molar-refractivity contribution in [2.75, 3.05) is 45.9 Å². The highest BCUT2D eigenvalue weighted by molar-refractivity contribution is 5.85. The van der Waals surface area contributed by atoms with Crippen LogP contribution in [0.1, 0.15) is 17.9 Å². The fraction of sp³-hybridized carbons (Fsp3) is 0.562. The molecule has 1 fully saturated rings. The van der Waals surface area contributed by atoms with Crippen molar-refractivity contribution in [3.63, 3.8) is 0 Å². The van der Waals surface area contributed by atoms with E-state index in [9.17, 15) is 4.79 Å². The molecule has 1 atom stereocenters. The Morgan fingerprint density at radius 2 is 2.10 bits per heavy atom. The molecule has 0 aromatic heterocycles. The number of carbonyl (C=O) groups excluding carboxylic acids is 1. The Kier molecular flexibility index (Phi) is 4.41. The maximum absolute atomic E-state index is 12.8. The van der Waals surface area contributed by atoms with Crippen LogP contribution >= 0.6 is 0 Å². The van der Waals surface area contributed by atoms with Crippen molar-refractivity contribution in [1.82, 2.24) is 9.80 Å². The van der Waals surface area contributed by atoms with E-state index < -0.39 is 0 Å². The molecule has 3 rings (SSSR count). The number of carbonyl (C=O) groups is 1. The van der Waals surface area contributed by atoms with E-state index in [2.05, 4.69) is 4.90 Å². The van der Waals surface area contributed by atoms with Gasteiger partial charge in [0.2, 0.25) is 5.91 Å². The lowest BCUT2D eigenvalue weighted by Crippen LogP contribution is -2.39. The van der Waals surface area contributed by atoms with Crippen molar-refractivity contribution in [3.8, 4) is 5.75 Å². The zero-order valence-electron chi connectivity index (χ0n) is 12.2. The van der Waals surface area contributed by atoms with Crippen LogP contribution in [0.3, 0.4) is 0 Å². The molecule has 0 saturated carbocycles. The molecule has 114 valence electrons. The van der Waals surface area contributed by atoms with Gasteiger partial charge in [-0.3, -0.25) is 9.69 Å². The molecule has 0 bridgehead atoms. The van der Waals surface area contributed by atoms with Crippen LogP contribution < -0.4 is 4.74 Å². The summed E-state index contributed by atoms with van der Waals surface area (Å²) in [7, 11) is 0. The molecule has 5 heteroatoms. The molecule has 2 heterocycles. The van der Waals surface area contributed by atoms with Crippen LogP contribution in [0, 0.1) is 0 Å². The van der Waals surface area contributed by atoms with E-state index in [4.69, 9.17) is 9.84 Å². The molecule has 1 aromatic rings. The number of hydrogen-bond donors (Lipinski definition) is 1. The van der Waals surface area contributed by atoms with Gasteiger partial charge in [0.15, 0.2) is 0 Å². The summed E-state index contributed by atoms with van der Waals surface area (Å²) >= 11 is 0. The van der Waals surface area contributed by atoms with Gasteiger partial charge in [0.05, 0.1) is 6.61 Å². The minimum absolute atomic E-state index is 0.161. The molecule has 2 aliphatic heterocycles. The smallest absolute Gasteiger partial charge is 0.233 e. The second-order valence-corrected chi connectivity index (χ2v) is 5.65. The topological polar surface area (TPSA) is 53.0 Å². The second kappa shape index (κ2) is 6.45. The van der Waals surface area contributed by atoms with E-state index in [0.29, 0.717) is 13.2 Å². The molecule has 1 saturated heterocycles. The van der Waals surface area contributed by atoms with Crippen LogP contribution in [0.2, 0.25) is 0 Å². The van der Waals surface area contributed by atoms with Crippen LogP contribution in [0.5, 0.6) is 5.75 Å². The normalized spacial score (nSPS) is 22.5. The minimum Gasteiger partial charge on any atom is -0.492 e. The Labute approximate surface area is 125 Å². The van der Waals surface area contributed by atoms with Gasteiger partial charge in [-0.1, -0.05) is 18.2 Å². The molecular formula is C16H22N2O3. The molecule has 1 N–H and O–H groups in total. The first-order valence-electron chi connectivity index (χ1n) is 7.63. The molecule has 1 aromatic carbocycles. The average molecular weight is 290 g/mol. The zero-order valence-corrected chi connectivity index (χ0v) is 12.2. The van der Waals surface area contributed by atoms with Crippen LogP contribution in [-0.4, -0.2) is 66.8 Å². The molecule has 5 nitrogen and oxygen atoms in total. The average Bonchev–Trinajstić information content (AvgIpc) is 2.80. The highest BCUT2D eigenvalue weighted by Crippen LogP contribution is 2.34. The van der Waals surface area contributed by atoms with Gasteiger partial charge in [-0.25, -0.2) is 0 Å². The number of para-hydroxylation sites is 1. The van der Waals surface area contributed by atoms with Crippen LogP contribution in [0.15, 0.2) is 24.3 Å². The number of fused-ring (bicyclic) bond motifs is 1. The van der Waals surface area contributed by atoms with Crippen LogP contribution in [-0.2, 0) is 4.79 Å². The number of aliphatic hydroxyl groups is 1.